The number of cyclic esters (lactones) is 1. The molecule has 0 aromatic rings. The molecule has 1 aliphatic heterocycles. The van der Waals surface area contributed by atoms with Gasteiger partial charge in [0, 0.05) is 24.8 Å². The first-order valence-corrected chi connectivity index (χ1v) is 17.2. The summed E-state index contributed by atoms with van der Waals surface area (Å²) in [5.41, 5.74) is 3.74. The number of carbonyl (C=O) groups excluding carboxylic acids is 2. The standard InChI is InChI=1S/C32H52NO10P/c1-4-25-15-16-31(36)42-28(25)17-18-32(37,19-20-33)29(43-44(38,39)40)22-26(34)12-6-5-10-24-11-8-13-27(21-24)41-30(35)14-7-9-23(2)3/h5-6,10,12,15-18,23-29,34,37H,4,7-9,11,13-14,19-22,33H2,1-3H3,(H2,38,39,40)/b10-5-,12-6-,18-17+/t24-,25+,26+,27+,28+,29-,32-/m1/s1. The van der Waals surface area contributed by atoms with Gasteiger partial charge in [0.25, 0.3) is 0 Å². The SMILES string of the molecule is CC[C@H]1C=CC(=O)O[C@H]1/C=C/[C@@](O)(CCN)[C@@H](C[C@@H](O)/C=C\C=C/[C@@H]1CCC[C@H](OC(=O)CCCC(C)C)C1)OP(=O)(O)O. The summed E-state index contributed by atoms with van der Waals surface area (Å²) in [5, 5.41) is 22.2. The van der Waals surface area contributed by atoms with Gasteiger partial charge in [-0.15, -0.1) is 0 Å². The molecule has 2 rings (SSSR count). The molecular formula is C32H52NO10P. The molecule has 0 unspecified atom stereocenters. The summed E-state index contributed by atoms with van der Waals surface area (Å²) in [6.07, 6.45) is 14.9. The van der Waals surface area contributed by atoms with Crippen molar-refractivity contribution in [2.75, 3.05) is 6.54 Å². The molecule has 250 valence electrons. The number of nitrogens with two attached hydrogens (primary N) is 1. The highest BCUT2D eigenvalue weighted by atomic mass is 31.2. The van der Waals surface area contributed by atoms with Crippen LogP contribution in [0.2, 0.25) is 0 Å². The predicted molar refractivity (Wildman–Crippen MR) is 167 cm³/mol. The summed E-state index contributed by atoms with van der Waals surface area (Å²) < 4.78 is 27.8. The number of allylic oxidation sites excluding steroid dienone is 3. The molecule has 0 amide bonds. The van der Waals surface area contributed by atoms with Crippen molar-refractivity contribution in [1.29, 1.82) is 0 Å². The normalized spacial score (nSPS) is 25.9. The van der Waals surface area contributed by atoms with Crippen molar-refractivity contribution in [2.45, 2.75) is 115 Å². The van der Waals surface area contributed by atoms with Crippen molar-refractivity contribution in [3.05, 3.63) is 48.6 Å². The molecule has 11 nitrogen and oxygen atoms in total. The fourth-order valence-corrected chi connectivity index (χ4v) is 6.15. The van der Waals surface area contributed by atoms with Crippen molar-refractivity contribution >= 4 is 19.8 Å². The number of aliphatic hydroxyl groups is 2. The van der Waals surface area contributed by atoms with Gasteiger partial charge in [-0.05, 0) is 69.4 Å². The maximum absolute atomic E-state index is 12.2. The number of ether oxygens (including phenoxy) is 2. The van der Waals surface area contributed by atoms with E-state index in [1.165, 1.54) is 24.3 Å². The Morgan fingerprint density at radius 3 is 2.66 bits per heavy atom. The van der Waals surface area contributed by atoms with Crippen LogP contribution in [-0.2, 0) is 28.2 Å². The molecule has 2 aliphatic rings. The van der Waals surface area contributed by atoms with E-state index in [-0.39, 0.29) is 43.3 Å². The number of phosphoric ester groups is 1. The van der Waals surface area contributed by atoms with E-state index in [9.17, 15) is 34.2 Å². The minimum absolute atomic E-state index is 0.0479. The fourth-order valence-electron chi connectivity index (χ4n) is 5.55. The number of aliphatic hydroxyl groups excluding tert-OH is 1. The second-order valence-corrected chi connectivity index (χ2v) is 13.4. The van der Waals surface area contributed by atoms with Gasteiger partial charge in [0.2, 0.25) is 0 Å². The molecule has 1 heterocycles. The third kappa shape index (κ3) is 14.3. The summed E-state index contributed by atoms with van der Waals surface area (Å²) in [7, 11) is -5.08. The van der Waals surface area contributed by atoms with Crippen molar-refractivity contribution in [3.8, 4) is 0 Å². The van der Waals surface area contributed by atoms with Crippen LogP contribution < -0.4 is 5.73 Å². The van der Waals surface area contributed by atoms with Gasteiger partial charge in [-0.2, -0.15) is 0 Å². The lowest BCUT2D eigenvalue weighted by molar-refractivity contribution is -0.151. The van der Waals surface area contributed by atoms with E-state index in [0.29, 0.717) is 18.8 Å². The van der Waals surface area contributed by atoms with E-state index in [1.807, 2.05) is 13.0 Å². The number of hydrogen-bond acceptors (Lipinski definition) is 9. The Bertz CT molecular complexity index is 1070. The second-order valence-electron chi connectivity index (χ2n) is 12.2. The van der Waals surface area contributed by atoms with Gasteiger partial charge in [0.15, 0.2) is 0 Å². The number of rotatable bonds is 18. The monoisotopic (exact) mass is 641 g/mol. The van der Waals surface area contributed by atoms with Crippen LogP contribution in [0.25, 0.3) is 0 Å². The summed E-state index contributed by atoms with van der Waals surface area (Å²) in [4.78, 5) is 43.1. The molecule has 1 fully saturated rings. The van der Waals surface area contributed by atoms with Crippen LogP contribution in [0.3, 0.4) is 0 Å². The zero-order valence-corrected chi connectivity index (χ0v) is 27.1. The van der Waals surface area contributed by atoms with Crippen LogP contribution in [0, 0.1) is 17.8 Å². The molecule has 0 spiro atoms. The van der Waals surface area contributed by atoms with Crippen LogP contribution in [0.1, 0.15) is 85.0 Å². The highest BCUT2D eigenvalue weighted by Crippen LogP contribution is 2.42. The molecule has 0 saturated heterocycles. The molecule has 6 N–H and O–H groups in total. The molecule has 0 radical (unpaired) electrons. The average Bonchev–Trinajstić information content (AvgIpc) is 2.93. The van der Waals surface area contributed by atoms with Gasteiger partial charge >= 0.3 is 19.8 Å². The number of hydrogen-bond donors (Lipinski definition) is 5. The third-order valence-corrected chi connectivity index (χ3v) is 8.51. The van der Waals surface area contributed by atoms with Gasteiger partial charge < -0.3 is 35.2 Å². The molecule has 7 atom stereocenters. The second kappa shape index (κ2) is 18.8. The first-order valence-electron chi connectivity index (χ1n) is 15.7. The van der Waals surface area contributed by atoms with E-state index in [1.54, 1.807) is 18.2 Å². The summed E-state index contributed by atoms with van der Waals surface area (Å²) in [5.74, 6) is -0.0706. The number of esters is 2. The number of phosphoric acid groups is 1. The first-order chi connectivity index (χ1) is 20.7. The molecule has 1 saturated carbocycles. The molecule has 0 aromatic heterocycles. The van der Waals surface area contributed by atoms with Crippen molar-refractivity contribution in [2.24, 2.45) is 23.5 Å². The molecular weight excluding hydrogens is 589 g/mol. The van der Waals surface area contributed by atoms with Crippen molar-refractivity contribution < 1.29 is 48.2 Å². The Kier molecular flexibility index (Phi) is 16.2. The molecule has 1 aliphatic carbocycles. The van der Waals surface area contributed by atoms with E-state index < -0.39 is 37.7 Å². The Morgan fingerprint density at radius 2 is 2.00 bits per heavy atom. The van der Waals surface area contributed by atoms with Crippen molar-refractivity contribution in [3.63, 3.8) is 0 Å². The molecule has 0 aromatic carbocycles. The fraction of sp³-hybridized carbons (Fsp3) is 0.688. The minimum atomic E-state index is -5.08. The van der Waals surface area contributed by atoms with Crippen LogP contribution in [-0.4, -0.2) is 68.5 Å². The van der Waals surface area contributed by atoms with Gasteiger partial charge in [0.1, 0.15) is 23.9 Å². The van der Waals surface area contributed by atoms with E-state index >= 15 is 0 Å². The topological polar surface area (TPSA) is 186 Å². The number of carbonyl (C=O) groups is 2. The first kappa shape index (κ1) is 38.1. The quantitative estimate of drug-likeness (QED) is 0.0618. The third-order valence-electron chi connectivity index (χ3n) is 7.98. The van der Waals surface area contributed by atoms with E-state index in [2.05, 4.69) is 13.8 Å². The molecule has 44 heavy (non-hydrogen) atoms. The Morgan fingerprint density at radius 1 is 1.25 bits per heavy atom. The Labute approximate surface area is 261 Å². The lowest BCUT2D eigenvalue weighted by Gasteiger charge is -2.35. The molecule has 0 bridgehead atoms. The van der Waals surface area contributed by atoms with Crippen LogP contribution >= 0.6 is 7.82 Å². The highest BCUT2D eigenvalue weighted by molar-refractivity contribution is 7.46. The highest BCUT2D eigenvalue weighted by Gasteiger charge is 2.40. The van der Waals surface area contributed by atoms with Gasteiger partial charge in [0.05, 0.1) is 6.10 Å². The van der Waals surface area contributed by atoms with E-state index in [4.69, 9.17) is 19.7 Å². The zero-order chi connectivity index (χ0) is 32.8. The van der Waals surface area contributed by atoms with Gasteiger partial charge in [-0.3, -0.25) is 9.32 Å². The van der Waals surface area contributed by atoms with Crippen LogP contribution in [0.4, 0.5) is 0 Å². The minimum Gasteiger partial charge on any atom is -0.462 e. The summed E-state index contributed by atoms with van der Waals surface area (Å²) in [6.45, 7) is 6.12. The predicted octanol–water partition coefficient (Wildman–Crippen LogP) is 4.40. The lowest BCUT2D eigenvalue weighted by Crippen LogP contribution is -2.45. The van der Waals surface area contributed by atoms with E-state index in [0.717, 1.165) is 38.5 Å². The van der Waals surface area contributed by atoms with Gasteiger partial charge in [-0.1, -0.05) is 63.6 Å². The van der Waals surface area contributed by atoms with Crippen LogP contribution in [0.5, 0.6) is 0 Å². The molecule has 12 heteroatoms. The maximum Gasteiger partial charge on any atom is 0.469 e. The summed E-state index contributed by atoms with van der Waals surface area (Å²) >= 11 is 0. The van der Waals surface area contributed by atoms with Crippen LogP contribution in [0.15, 0.2) is 48.6 Å². The Hall–Kier alpha value is -2.11. The summed E-state index contributed by atoms with van der Waals surface area (Å²) in [6, 6.07) is 0. The van der Waals surface area contributed by atoms with Crippen molar-refractivity contribution in [1.82, 2.24) is 0 Å². The zero-order valence-electron chi connectivity index (χ0n) is 26.2. The Balaban J connectivity index is 2.03. The van der Waals surface area contributed by atoms with Gasteiger partial charge in [-0.25, -0.2) is 9.36 Å². The lowest BCUT2D eigenvalue weighted by atomic mass is 9.86. The maximum atomic E-state index is 12.2. The largest absolute Gasteiger partial charge is 0.469 e. The average molecular weight is 642 g/mol. The smallest absolute Gasteiger partial charge is 0.462 e.